The molecule has 2 aliphatic heterocycles. The number of aliphatic hydroxyl groups is 1. The van der Waals surface area contributed by atoms with Crippen molar-refractivity contribution < 1.29 is 28.8 Å². The van der Waals surface area contributed by atoms with Crippen molar-refractivity contribution in [1.82, 2.24) is 0 Å². The van der Waals surface area contributed by atoms with Crippen molar-refractivity contribution in [2.24, 2.45) is 0 Å². The molecule has 0 aromatic carbocycles. The Hall–Kier alpha value is 0.01000. The van der Waals surface area contributed by atoms with Crippen molar-refractivity contribution in [1.29, 1.82) is 0 Å². The fraction of sp³-hybridized carbons (Fsp3) is 0.900. The standard InChI is InChI=1S/C10H16O6S2/c11-9-15-7(5-17-9)3-13-1-2-14-4-8-6-18-10(12)16-8/h7-9,11H,1-6H2. The van der Waals surface area contributed by atoms with Gasteiger partial charge in [0.25, 0.3) is 0 Å². The molecule has 18 heavy (non-hydrogen) atoms. The number of rotatable bonds is 7. The van der Waals surface area contributed by atoms with Crippen LogP contribution in [-0.2, 0) is 18.9 Å². The van der Waals surface area contributed by atoms with Gasteiger partial charge in [-0.15, -0.1) is 0 Å². The summed E-state index contributed by atoms with van der Waals surface area (Å²) < 4.78 is 20.8. The van der Waals surface area contributed by atoms with Crippen molar-refractivity contribution in [2.75, 3.05) is 37.9 Å². The van der Waals surface area contributed by atoms with E-state index in [1.54, 1.807) is 0 Å². The summed E-state index contributed by atoms with van der Waals surface area (Å²) in [7, 11) is 0. The van der Waals surface area contributed by atoms with E-state index in [9.17, 15) is 4.79 Å². The Morgan fingerprint density at radius 3 is 2.50 bits per heavy atom. The number of cyclic esters (lactones) is 1. The number of carbonyl (C=O) groups is 1. The maximum atomic E-state index is 10.8. The predicted octanol–water partition coefficient (Wildman–Crippen LogP) is 0.679. The first kappa shape index (κ1) is 14.4. The minimum Gasteiger partial charge on any atom is -0.451 e. The van der Waals surface area contributed by atoms with Gasteiger partial charge in [0, 0.05) is 11.5 Å². The molecular formula is C10H16O6S2. The molecular weight excluding hydrogens is 280 g/mol. The first-order valence-electron chi connectivity index (χ1n) is 5.68. The molecule has 2 rings (SSSR count). The van der Waals surface area contributed by atoms with Crippen LogP contribution >= 0.6 is 23.5 Å². The van der Waals surface area contributed by atoms with E-state index in [-0.39, 0.29) is 17.5 Å². The van der Waals surface area contributed by atoms with Crippen molar-refractivity contribution in [3.8, 4) is 0 Å². The number of aliphatic hydroxyl groups excluding tert-OH is 1. The Kier molecular flexibility index (Phi) is 6.06. The van der Waals surface area contributed by atoms with Gasteiger partial charge in [-0.3, -0.25) is 0 Å². The SMILES string of the molecule is O=C1OC(COCCOCC2CSC(O)O2)CS1. The third-order valence-corrected chi connectivity index (χ3v) is 4.19. The zero-order valence-electron chi connectivity index (χ0n) is 9.78. The van der Waals surface area contributed by atoms with E-state index in [1.807, 2.05) is 0 Å². The lowest BCUT2D eigenvalue weighted by atomic mass is 10.4. The van der Waals surface area contributed by atoms with Crippen LogP contribution in [0.2, 0.25) is 0 Å². The van der Waals surface area contributed by atoms with Gasteiger partial charge in [-0.25, -0.2) is 4.79 Å². The molecule has 0 aliphatic carbocycles. The molecule has 8 heteroatoms. The van der Waals surface area contributed by atoms with Crippen molar-refractivity contribution in [3.05, 3.63) is 0 Å². The summed E-state index contributed by atoms with van der Waals surface area (Å²) in [5.74, 6) is 1.40. The molecule has 0 amide bonds. The van der Waals surface area contributed by atoms with Gasteiger partial charge >= 0.3 is 5.30 Å². The zero-order chi connectivity index (χ0) is 12.8. The van der Waals surface area contributed by atoms with Gasteiger partial charge in [0.05, 0.1) is 32.5 Å². The van der Waals surface area contributed by atoms with Crippen molar-refractivity contribution in [3.63, 3.8) is 0 Å². The van der Waals surface area contributed by atoms with E-state index in [0.717, 1.165) is 5.75 Å². The summed E-state index contributed by atoms with van der Waals surface area (Å²) >= 11 is 2.54. The Morgan fingerprint density at radius 1 is 1.22 bits per heavy atom. The van der Waals surface area contributed by atoms with Gasteiger partial charge in [0.1, 0.15) is 6.10 Å². The normalized spacial score (nSPS) is 31.8. The minimum absolute atomic E-state index is 0.0443. The molecule has 6 nitrogen and oxygen atoms in total. The van der Waals surface area contributed by atoms with Gasteiger partial charge in [-0.05, 0) is 11.8 Å². The molecule has 0 radical (unpaired) electrons. The highest BCUT2D eigenvalue weighted by atomic mass is 32.2. The van der Waals surface area contributed by atoms with Gasteiger partial charge in [0.2, 0.25) is 5.62 Å². The molecule has 3 unspecified atom stereocenters. The second-order valence-electron chi connectivity index (χ2n) is 3.85. The van der Waals surface area contributed by atoms with Crippen LogP contribution in [0.3, 0.4) is 0 Å². The Balaban J connectivity index is 1.41. The summed E-state index contributed by atoms with van der Waals surface area (Å²) in [5.41, 5.74) is -0.718. The Bertz CT molecular complexity index is 277. The summed E-state index contributed by atoms with van der Waals surface area (Å²) in [5, 5.41) is 8.87. The maximum absolute atomic E-state index is 10.8. The van der Waals surface area contributed by atoms with Gasteiger partial charge < -0.3 is 24.1 Å². The molecule has 3 atom stereocenters. The van der Waals surface area contributed by atoms with E-state index >= 15 is 0 Å². The highest BCUT2D eigenvalue weighted by Gasteiger charge is 2.25. The Morgan fingerprint density at radius 2 is 1.94 bits per heavy atom. The van der Waals surface area contributed by atoms with E-state index < -0.39 is 5.62 Å². The number of thioether (sulfide) groups is 2. The van der Waals surface area contributed by atoms with Crippen LogP contribution in [0.25, 0.3) is 0 Å². The average molecular weight is 296 g/mol. The second kappa shape index (κ2) is 7.56. The van der Waals surface area contributed by atoms with Crippen LogP contribution in [0.1, 0.15) is 0 Å². The molecule has 2 aliphatic rings. The lowest BCUT2D eigenvalue weighted by Crippen LogP contribution is -2.22. The molecule has 0 saturated carbocycles. The lowest BCUT2D eigenvalue weighted by molar-refractivity contribution is -0.0858. The van der Waals surface area contributed by atoms with E-state index in [0.29, 0.717) is 32.2 Å². The van der Waals surface area contributed by atoms with Crippen LogP contribution in [0.5, 0.6) is 0 Å². The van der Waals surface area contributed by atoms with Crippen LogP contribution in [-0.4, -0.2) is 66.2 Å². The first-order valence-corrected chi connectivity index (χ1v) is 7.71. The molecule has 0 bridgehead atoms. The largest absolute Gasteiger partial charge is 0.451 e. The lowest BCUT2D eigenvalue weighted by Gasteiger charge is -2.11. The highest BCUT2D eigenvalue weighted by molar-refractivity contribution is 8.13. The first-order chi connectivity index (χ1) is 8.74. The summed E-state index contributed by atoms with van der Waals surface area (Å²) in [6, 6.07) is 0. The molecule has 0 spiro atoms. The number of hydrogen-bond acceptors (Lipinski definition) is 8. The third kappa shape index (κ3) is 4.94. The van der Waals surface area contributed by atoms with Gasteiger partial charge in [-0.2, -0.15) is 0 Å². The molecule has 2 heterocycles. The summed E-state index contributed by atoms with van der Waals surface area (Å²) in [4.78, 5) is 10.8. The van der Waals surface area contributed by atoms with Crippen molar-refractivity contribution >= 4 is 28.8 Å². The van der Waals surface area contributed by atoms with Gasteiger partial charge in [-0.1, -0.05) is 11.8 Å². The summed E-state index contributed by atoms with van der Waals surface area (Å²) in [6.07, 6.45) is -0.176. The van der Waals surface area contributed by atoms with Crippen molar-refractivity contribution in [2.45, 2.75) is 17.8 Å². The third-order valence-electron chi connectivity index (χ3n) is 2.36. The zero-order valence-corrected chi connectivity index (χ0v) is 11.4. The molecule has 104 valence electrons. The predicted molar refractivity (Wildman–Crippen MR) is 67.7 cm³/mol. The maximum Gasteiger partial charge on any atom is 0.367 e. The minimum atomic E-state index is -0.718. The summed E-state index contributed by atoms with van der Waals surface area (Å²) in [6.45, 7) is 1.80. The smallest absolute Gasteiger partial charge is 0.367 e. The molecule has 2 fully saturated rings. The number of carbonyl (C=O) groups excluding carboxylic acids is 1. The molecule has 0 aromatic rings. The fourth-order valence-corrected chi connectivity index (χ4v) is 3.00. The van der Waals surface area contributed by atoms with Crippen LogP contribution < -0.4 is 0 Å². The van der Waals surface area contributed by atoms with Crippen LogP contribution in [0, 0.1) is 0 Å². The molecule has 0 aromatic heterocycles. The topological polar surface area (TPSA) is 74.2 Å². The van der Waals surface area contributed by atoms with E-state index in [1.165, 1.54) is 23.5 Å². The van der Waals surface area contributed by atoms with Gasteiger partial charge in [0.15, 0.2) is 0 Å². The monoisotopic (exact) mass is 296 g/mol. The van der Waals surface area contributed by atoms with Crippen LogP contribution in [0.4, 0.5) is 4.79 Å². The second-order valence-corrected chi connectivity index (χ2v) is 5.87. The quantitative estimate of drug-likeness (QED) is 0.543. The average Bonchev–Trinajstić information content (AvgIpc) is 2.93. The number of hydrogen-bond donors (Lipinski definition) is 1. The van der Waals surface area contributed by atoms with E-state index in [4.69, 9.17) is 24.1 Å². The highest BCUT2D eigenvalue weighted by Crippen LogP contribution is 2.22. The molecule has 1 N–H and O–H groups in total. The Labute approximate surface area is 114 Å². The fourth-order valence-electron chi connectivity index (χ4n) is 1.51. The number of ether oxygens (including phenoxy) is 4. The van der Waals surface area contributed by atoms with E-state index in [2.05, 4.69) is 0 Å². The molecule has 2 saturated heterocycles. The van der Waals surface area contributed by atoms with Crippen LogP contribution in [0.15, 0.2) is 0 Å².